The van der Waals surface area contributed by atoms with Crippen molar-refractivity contribution < 1.29 is 58.4 Å². The van der Waals surface area contributed by atoms with Crippen LogP contribution in [0.5, 0.6) is 0 Å². The number of rotatable bonds is 0. The zero-order chi connectivity index (χ0) is 4.50. The summed E-state index contributed by atoms with van der Waals surface area (Å²) in [7, 11) is -4.92. The Morgan fingerprint density at radius 3 is 1.50 bits per heavy atom. The zero-order valence-electron chi connectivity index (χ0n) is 2.58. The second kappa shape index (κ2) is 3.25. The van der Waals surface area contributed by atoms with Crippen LogP contribution in [0.4, 0.5) is 0 Å². The molecule has 6 heavy (non-hydrogen) atoms. The molecule has 0 aliphatic carbocycles. The van der Waals surface area contributed by atoms with Gasteiger partial charge in [-0.05, 0) is 0 Å². The van der Waals surface area contributed by atoms with Crippen molar-refractivity contribution in [1.82, 2.24) is 0 Å². The summed E-state index contributed by atoms with van der Waals surface area (Å²) < 4.78 is 32.8. The molecule has 4 nitrogen and oxygen atoms in total. The first-order valence-electron chi connectivity index (χ1n) is 0.683. The topological polar surface area (TPSA) is 77.4 Å². The van der Waals surface area contributed by atoms with Crippen LogP contribution in [-0.2, 0) is 10.4 Å². The van der Waals surface area contributed by atoms with Gasteiger partial charge in [-0.2, -0.15) is 0 Å². The van der Waals surface area contributed by atoms with Gasteiger partial charge in [0.05, 0.1) is 0 Å². The molecule has 0 spiro atoms. The molecule has 0 heterocycles. The molecule has 0 aliphatic heterocycles. The maximum absolute atomic E-state index is 8.63. The maximum atomic E-state index is 8.63. The molecule has 1 N–H and O–H groups in total. The molecule has 0 aliphatic rings. The minimum Gasteiger partial charge on any atom is -0.726 e. The van der Waals surface area contributed by atoms with E-state index in [9.17, 15) is 0 Å². The first-order chi connectivity index (χ1) is 2.00. The van der Waals surface area contributed by atoms with Crippen molar-refractivity contribution in [2.45, 2.75) is 0 Å². The smallest absolute Gasteiger partial charge is 0.215 e. The van der Waals surface area contributed by atoms with Crippen LogP contribution in [-0.4, -0.2) is 17.5 Å². The quantitative estimate of drug-likeness (QED) is 0.436. The van der Waals surface area contributed by atoms with Crippen LogP contribution in [0, 0.1) is 40.8 Å². The van der Waals surface area contributed by atoms with Gasteiger partial charge in [-0.3, -0.25) is 4.55 Å². The minimum atomic E-state index is -4.92. The summed E-state index contributed by atoms with van der Waals surface area (Å²) in [6.07, 6.45) is 0. The molecule has 0 aromatic carbocycles. The van der Waals surface area contributed by atoms with Crippen LogP contribution in [0.25, 0.3) is 0 Å². The third-order valence-corrected chi connectivity index (χ3v) is 0. The van der Waals surface area contributed by atoms with Crippen LogP contribution in [0.2, 0.25) is 0 Å². The standard InChI is InChI=1S/Nd.H2O4S/c;1-5(2,3)4/h;(H2,1,2,3,4)/p-1. The Labute approximate surface area is 68.0 Å². The van der Waals surface area contributed by atoms with Gasteiger partial charge in [-0.15, -0.1) is 0 Å². The summed E-state index contributed by atoms with van der Waals surface area (Å²) in [4.78, 5) is 0. The Bertz CT molecular complexity index is 90.7. The Balaban J connectivity index is 0. The predicted octanol–water partition coefficient (Wildman–Crippen LogP) is -0.995. The van der Waals surface area contributed by atoms with Gasteiger partial charge in [-0.25, -0.2) is 8.42 Å². The Morgan fingerprint density at radius 1 is 1.50 bits per heavy atom. The van der Waals surface area contributed by atoms with E-state index in [0.29, 0.717) is 0 Å². The van der Waals surface area contributed by atoms with Crippen molar-refractivity contribution in [1.29, 1.82) is 0 Å². The third-order valence-electron chi connectivity index (χ3n) is 0. The van der Waals surface area contributed by atoms with Gasteiger partial charge < -0.3 is 4.55 Å². The number of hydrogen-bond donors (Lipinski definition) is 1. The average molecular weight is 241 g/mol. The SMILES string of the molecule is O=S(=O)([O-])O.[Nd]. The summed E-state index contributed by atoms with van der Waals surface area (Å²) in [6, 6.07) is 0. The monoisotopic (exact) mass is 239 g/mol. The van der Waals surface area contributed by atoms with Gasteiger partial charge in [-0.1, -0.05) is 0 Å². The first kappa shape index (κ1) is 10.3. The molecule has 0 rings (SSSR count). The van der Waals surface area contributed by atoms with E-state index in [0.717, 1.165) is 0 Å². The van der Waals surface area contributed by atoms with E-state index < -0.39 is 10.4 Å². The van der Waals surface area contributed by atoms with Crippen LogP contribution in [0.1, 0.15) is 0 Å². The van der Waals surface area contributed by atoms with Crippen LogP contribution in [0.3, 0.4) is 0 Å². The van der Waals surface area contributed by atoms with Crippen molar-refractivity contribution in [3.63, 3.8) is 0 Å². The molecule has 6 heteroatoms. The van der Waals surface area contributed by atoms with Gasteiger partial charge in [0.2, 0.25) is 10.4 Å². The Morgan fingerprint density at radius 2 is 1.50 bits per heavy atom. The third kappa shape index (κ3) is 62.4. The molecule has 36 valence electrons. The predicted molar refractivity (Wildman–Crippen MR) is 12.3 cm³/mol. The number of hydrogen-bond acceptors (Lipinski definition) is 3. The summed E-state index contributed by atoms with van der Waals surface area (Å²) >= 11 is 0. The van der Waals surface area contributed by atoms with E-state index in [1.54, 1.807) is 0 Å². The van der Waals surface area contributed by atoms with Crippen LogP contribution in [0.15, 0.2) is 0 Å². The fourth-order valence-electron chi connectivity index (χ4n) is 0. The van der Waals surface area contributed by atoms with Crippen LogP contribution >= 0.6 is 0 Å². The molecule has 0 fully saturated rings. The molecule has 0 aromatic heterocycles. The molecule has 0 aromatic rings. The van der Waals surface area contributed by atoms with Crippen molar-refractivity contribution >= 4 is 10.4 Å². The summed E-state index contributed by atoms with van der Waals surface area (Å²) in [5, 5.41) is 0. The van der Waals surface area contributed by atoms with E-state index in [1.165, 1.54) is 0 Å². The first-order valence-corrected chi connectivity index (χ1v) is 2.05. The van der Waals surface area contributed by atoms with Crippen molar-refractivity contribution in [3.8, 4) is 0 Å². The summed E-state index contributed by atoms with van der Waals surface area (Å²) in [6.45, 7) is 0. The molecule has 0 radical (unpaired) electrons. The Hall–Kier alpha value is 1.22. The second-order valence-electron chi connectivity index (χ2n) is 0.428. The van der Waals surface area contributed by atoms with Crippen molar-refractivity contribution in [2.75, 3.05) is 0 Å². The van der Waals surface area contributed by atoms with Crippen molar-refractivity contribution in [3.05, 3.63) is 0 Å². The zero-order valence-corrected chi connectivity index (χ0v) is 6.60. The normalized spacial score (nSPS) is 9.67. The largest absolute Gasteiger partial charge is 0.726 e. The summed E-state index contributed by atoms with van der Waals surface area (Å²) in [5.74, 6) is 0. The fraction of sp³-hybridized carbons (Fsp3) is 0. The molecular weight excluding hydrogens is 240 g/mol. The van der Waals surface area contributed by atoms with Gasteiger partial charge in [0.15, 0.2) is 0 Å². The van der Waals surface area contributed by atoms with Gasteiger partial charge in [0, 0.05) is 40.8 Å². The minimum absolute atomic E-state index is 0. The van der Waals surface area contributed by atoms with Gasteiger partial charge >= 0.3 is 0 Å². The van der Waals surface area contributed by atoms with E-state index in [1.807, 2.05) is 0 Å². The molecule has 0 saturated carbocycles. The van der Waals surface area contributed by atoms with E-state index in [2.05, 4.69) is 0 Å². The maximum Gasteiger partial charge on any atom is 0.215 e. The van der Waals surface area contributed by atoms with E-state index in [4.69, 9.17) is 17.5 Å². The Kier molecular flexibility index (Phi) is 5.56. The van der Waals surface area contributed by atoms with Crippen molar-refractivity contribution in [2.24, 2.45) is 0 Å². The molecular formula is HNdO4S-. The fourth-order valence-corrected chi connectivity index (χ4v) is 0. The van der Waals surface area contributed by atoms with E-state index in [-0.39, 0.29) is 40.8 Å². The second-order valence-corrected chi connectivity index (χ2v) is 1.28. The molecule has 0 saturated heterocycles. The van der Waals surface area contributed by atoms with Gasteiger partial charge in [0.25, 0.3) is 0 Å². The van der Waals surface area contributed by atoms with Crippen LogP contribution < -0.4 is 0 Å². The summed E-state index contributed by atoms with van der Waals surface area (Å²) in [5.41, 5.74) is 0. The molecule has 0 amide bonds. The van der Waals surface area contributed by atoms with E-state index >= 15 is 0 Å². The molecule has 0 unspecified atom stereocenters. The molecule has 0 bridgehead atoms. The average Bonchev–Trinajstić information content (AvgIpc) is 0.722. The molecule has 0 atom stereocenters. The van der Waals surface area contributed by atoms with Gasteiger partial charge in [0.1, 0.15) is 0 Å².